The fourth-order valence-electron chi connectivity index (χ4n) is 7.29. The van der Waals surface area contributed by atoms with Crippen LogP contribution in [0.15, 0.2) is 23.0 Å². The first kappa shape index (κ1) is 24.7. The maximum atomic E-state index is 13.3. The van der Waals surface area contributed by atoms with Crippen LogP contribution in [0.1, 0.15) is 57.4 Å². The Labute approximate surface area is 218 Å². The van der Waals surface area contributed by atoms with Gasteiger partial charge in [0.05, 0.1) is 16.7 Å². The SMILES string of the molecule is Cn1c(=O)n(C2CCC(=O)NC2=O)c2cccc(N3CCC(CN4CCC5(CCNCC5)CC4)CC3)c21. The van der Waals surface area contributed by atoms with Crippen molar-refractivity contribution < 1.29 is 9.59 Å². The number of amides is 2. The van der Waals surface area contributed by atoms with Crippen LogP contribution in [-0.4, -0.2) is 71.7 Å². The second-order valence-electron chi connectivity index (χ2n) is 11.8. The van der Waals surface area contributed by atoms with Gasteiger partial charge in [-0.2, -0.15) is 0 Å². The summed E-state index contributed by atoms with van der Waals surface area (Å²) in [5.41, 5.74) is 3.10. The zero-order valence-corrected chi connectivity index (χ0v) is 22.0. The molecule has 4 fully saturated rings. The Morgan fingerprint density at radius 3 is 2.38 bits per heavy atom. The van der Waals surface area contributed by atoms with Crippen molar-refractivity contribution in [3.63, 3.8) is 0 Å². The fraction of sp³-hybridized carbons (Fsp3) is 0.679. The van der Waals surface area contributed by atoms with Crippen LogP contribution in [0, 0.1) is 11.3 Å². The number of nitrogens with one attached hydrogen (secondary N) is 2. The average Bonchev–Trinajstić information content (AvgIpc) is 3.16. The molecular weight excluding hydrogens is 468 g/mol. The van der Waals surface area contributed by atoms with Crippen LogP contribution in [-0.2, 0) is 16.6 Å². The number of aryl methyl sites for hydroxylation is 1. The normalized spacial score (nSPS) is 25.6. The third kappa shape index (κ3) is 4.61. The quantitative estimate of drug-likeness (QED) is 0.614. The van der Waals surface area contributed by atoms with Gasteiger partial charge < -0.3 is 15.1 Å². The molecule has 1 spiro atoms. The van der Waals surface area contributed by atoms with Gasteiger partial charge in [0.2, 0.25) is 11.8 Å². The Kier molecular flexibility index (Phi) is 6.61. The van der Waals surface area contributed by atoms with Crippen LogP contribution in [0.5, 0.6) is 0 Å². The highest BCUT2D eigenvalue weighted by atomic mass is 16.2. The summed E-state index contributed by atoms with van der Waals surface area (Å²) in [6, 6.07) is 5.35. The van der Waals surface area contributed by atoms with E-state index in [9.17, 15) is 14.4 Å². The monoisotopic (exact) mass is 508 g/mol. The molecule has 4 saturated heterocycles. The first-order valence-corrected chi connectivity index (χ1v) is 14.2. The average molecular weight is 509 g/mol. The van der Waals surface area contributed by atoms with E-state index in [1.54, 1.807) is 16.2 Å². The highest BCUT2D eigenvalue weighted by Gasteiger charge is 2.36. The van der Waals surface area contributed by atoms with Crippen molar-refractivity contribution in [2.45, 2.75) is 57.4 Å². The van der Waals surface area contributed by atoms with E-state index in [4.69, 9.17) is 0 Å². The second-order valence-corrected chi connectivity index (χ2v) is 11.8. The third-order valence-corrected chi connectivity index (χ3v) is 9.66. The minimum absolute atomic E-state index is 0.205. The lowest BCUT2D eigenvalue weighted by atomic mass is 9.71. The van der Waals surface area contributed by atoms with E-state index in [0.717, 1.165) is 48.6 Å². The lowest BCUT2D eigenvalue weighted by molar-refractivity contribution is -0.135. The van der Waals surface area contributed by atoms with Crippen molar-refractivity contribution >= 4 is 28.5 Å². The first-order chi connectivity index (χ1) is 17.9. The second kappa shape index (κ2) is 9.91. The van der Waals surface area contributed by atoms with Gasteiger partial charge in [0.15, 0.2) is 0 Å². The zero-order valence-electron chi connectivity index (χ0n) is 22.0. The highest BCUT2D eigenvalue weighted by Crippen LogP contribution is 2.40. The summed E-state index contributed by atoms with van der Waals surface area (Å²) in [4.78, 5) is 42.6. The molecule has 2 N–H and O–H groups in total. The molecule has 0 bridgehead atoms. The maximum absolute atomic E-state index is 13.3. The van der Waals surface area contributed by atoms with Gasteiger partial charge in [-0.25, -0.2) is 4.79 Å². The number of rotatable bonds is 4. The molecule has 2 amide bonds. The predicted molar refractivity (Wildman–Crippen MR) is 144 cm³/mol. The number of likely N-dealkylation sites (tertiary alicyclic amines) is 1. The van der Waals surface area contributed by atoms with E-state index in [2.05, 4.69) is 26.5 Å². The zero-order chi connectivity index (χ0) is 25.6. The smallest absolute Gasteiger partial charge is 0.329 e. The maximum Gasteiger partial charge on any atom is 0.329 e. The Morgan fingerprint density at radius 2 is 1.68 bits per heavy atom. The van der Waals surface area contributed by atoms with E-state index >= 15 is 0 Å². The van der Waals surface area contributed by atoms with E-state index in [-0.39, 0.29) is 23.9 Å². The van der Waals surface area contributed by atoms with Crippen LogP contribution in [0.2, 0.25) is 0 Å². The Morgan fingerprint density at radius 1 is 0.946 bits per heavy atom. The van der Waals surface area contributed by atoms with Gasteiger partial charge in [-0.1, -0.05) is 6.07 Å². The summed E-state index contributed by atoms with van der Waals surface area (Å²) in [6.45, 7) is 8.03. The molecule has 9 heteroatoms. The van der Waals surface area contributed by atoms with Gasteiger partial charge in [-0.05, 0) is 94.6 Å². The lowest BCUT2D eigenvalue weighted by Crippen LogP contribution is -2.47. The van der Waals surface area contributed by atoms with Gasteiger partial charge >= 0.3 is 5.69 Å². The largest absolute Gasteiger partial charge is 0.370 e. The number of imidazole rings is 1. The number of hydrogen-bond acceptors (Lipinski definition) is 6. The van der Waals surface area contributed by atoms with Crippen molar-refractivity contribution in [3.05, 3.63) is 28.7 Å². The topological polar surface area (TPSA) is 91.6 Å². The van der Waals surface area contributed by atoms with Crippen molar-refractivity contribution in [3.8, 4) is 0 Å². The van der Waals surface area contributed by atoms with Crippen molar-refractivity contribution in [1.82, 2.24) is 24.7 Å². The molecule has 37 heavy (non-hydrogen) atoms. The van der Waals surface area contributed by atoms with Crippen LogP contribution >= 0.6 is 0 Å². The number of benzene rings is 1. The summed E-state index contributed by atoms with van der Waals surface area (Å²) < 4.78 is 3.25. The van der Waals surface area contributed by atoms with E-state index < -0.39 is 6.04 Å². The predicted octanol–water partition coefficient (Wildman–Crippen LogP) is 2.00. The lowest BCUT2D eigenvalue weighted by Gasteiger charge is -2.45. The van der Waals surface area contributed by atoms with Crippen molar-refractivity contribution in [2.75, 3.05) is 50.7 Å². The summed E-state index contributed by atoms with van der Waals surface area (Å²) in [5, 5.41) is 5.92. The molecule has 9 nitrogen and oxygen atoms in total. The number of carbonyl (C=O) groups excluding carboxylic acids is 2. The molecule has 1 aromatic heterocycles. The molecule has 0 radical (unpaired) electrons. The summed E-state index contributed by atoms with van der Waals surface area (Å²) >= 11 is 0. The van der Waals surface area contributed by atoms with Gasteiger partial charge in [0.25, 0.3) is 0 Å². The molecule has 4 aliphatic rings. The number of fused-ring (bicyclic) bond motifs is 1. The third-order valence-electron chi connectivity index (χ3n) is 9.66. The van der Waals surface area contributed by atoms with Crippen LogP contribution < -0.4 is 21.2 Å². The number of nitrogens with zero attached hydrogens (tertiary/aromatic N) is 4. The molecule has 5 heterocycles. The van der Waals surface area contributed by atoms with Crippen LogP contribution in [0.3, 0.4) is 0 Å². The number of aromatic nitrogens is 2. The molecule has 1 atom stereocenters. The molecule has 200 valence electrons. The van der Waals surface area contributed by atoms with Crippen molar-refractivity contribution in [1.29, 1.82) is 0 Å². The Hall–Kier alpha value is -2.65. The minimum Gasteiger partial charge on any atom is -0.370 e. The number of anilines is 1. The molecule has 4 aliphatic heterocycles. The molecule has 0 saturated carbocycles. The van der Waals surface area contributed by atoms with Gasteiger partial charge in [0, 0.05) is 33.1 Å². The summed E-state index contributed by atoms with van der Waals surface area (Å²) in [5.74, 6) is 0.0590. The standard InChI is InChI=1S/C28H40N6O3/c1-31-25-21(3-2-4-22(25)34(27(31)37)23-5-6-24(35)30-26(23)36)33-15-7-20(8-16-33)19-32-17-11-28(12-18-32)9-13-29-14-10-28/h2-4,20,23,29H,5-19H2,1H3,(H,30,35,36). The fourth-order valence-corrected chi connectivity index (χ4v) is 7.29. The molecule has 1 aromatic carbocycles. The number of imide groups is 1. The number of carbonyl (C=O) groups is 2. The number of piperidine rings is 4. The Bertz CT molecular complexity index is 1220. The van der Waals surface area contributed by atoms with Crippen LogP contribution in [0.4, 0.5) is 5.69 Å². The van der Waals surface area contributed by atoms with E-state index in [1.165, 1.54) is 58.4 Å². The Balaban J connectivity index is 1.13. The molecule has 6 rings (SSSR count). The molecule has 2 aromatic rings. The van der Waals surface area contributed by atoms with Gasteiger partial charge in [0.1, 0.15) is 6.04 Å². The summed E-state index contributed by atoms with van der Waals surface area (Å²) in [7, 11) is 1.79. The molecule has 1 unspecified atom stereocenters. The highest BCUT2D eigenvalue weighted by molar-refractivity contribution is 6.00. The molecular formula is C28H40N6O3. The number of hydrogen-bond donors (Lipinski definition) is 2. The van der Waals surface area contributed by atoms with Gasteiger partial charge in [-0.15, -0.1) is 0 Å². The van der Waals surface area contributed by atoms with Crippen molar-refractivity contribution in [2.24, 2.45) is 18.4 Å². The number of para-hydroxylation sites is 1. The first-order valence-electron chi connectivity index (χ1n) is 14.2. The van der Waals surface area contributed by atoms with Gasteiger partial charge in [-0.3, -0.25) is 24.0 Å². The van der Waals surface area contributed by atoms with Crippen LogP contribution in [0.25, 0.3) is 11.0 Å². The summed E-state index contributed by atoms with van der Waals surface area (Å²) in [6.07, 6.45) is 8.32. The minimum atomic E-state index is -0.650. The van der Waals surface area contributed by atoms with E-state index in [1.807, 2.05) is 12.1 Å². The molecule has 0 aliphatic carbocycles. The van der Waals surface area contributed by atoms with E-state index in [0.29, 0.717) is 11.8 Å².